The Balaban J connectivity index is 2.48. The Bertz CT molecular complexity index is 580. The van der Waals surface area contributed by atoms with Crippen LogP contribution in [-0.4, -0.2) is 32.8 Å². The van der Waals surface area contributed by atoms with Crippen molar-refractivity contribution in [2.24, 2.45) is 0 Å². The molecule has 0 saturated heterocycles. The summed E-state index contributed by atoms with van der Waals surface area (Å²) in [6.45, 7) is 4.27. The monoisotopic (exact) mass is 305 g/mol. The SMILES string of the molecule is CCOC(=O)C=C1NC(CC)Cc2cc(OC)c(OC)cc21. The van der Waals surface area contributed by atoms with E-state index in [0.29, 0.717) is 18.1 Å². The zero-order chi connectivity index (χ0) is 16.1. The minimum Gasteiger partial charge on any atom is -0.493 e. The molecule has 2 rings (SSSR count). The summed E-state index contributed by atoms with van der Waals surface area (Å²) < 4.78 is 15.7. The highest BCUT2D eigenvalue weighted by molar-refractivity contribution is 5.92. The van der Waals surface area contributed by atoms with Gasteiger partial charge < -0.3 is 19.5 Å². The Morgan fingerprint density at radius 2 is 1.95 bits per heavy atom. The Hall–Kier alpha value is -2.17. The van der Waals surface area contributed by atoms with Gasteiger partial charge in [-0.3, -0.25) is 0 Å². The number of nitrogens with one attached hydrogen (secondary N) is 1. The van der Waals surface area contributed by atoms with Crippen molar-refractivity contribution in [3.05, 3.63) is 29.3 Å². The second kappa shape index (κ2) is 7.20. The van der Waals surface area contributed by atoms with E-state index in [0.717, 1.165) is 29.7 Å². The van der Waals surface area contributed by atoms with Gasteiger partial charge in [0.25, 0.3) is 0 Å². The van der Waals surface area contributed by atoms with Crippen LogP contribution in [-0.2, 0) is 16.0 Å². The number of ether oxygens (including phenoxy) is 3. The minimum atomic E-state index is -0.345. The third-order valence-electron chi connectivity index (χ3n) is 3.77. The number of carbonyl (C=O) groups is 1. The van der Waals surface area contributed by atoms with Crippen LogP contribution in [0.1, 0.15) is 31.4 Å². The molecule has 1 aliphatic heterocycles. The van der Waals surface area contributed by atoms with E-state index in [1.807, 2.05) is 12.1 Å². The van der Waals surface area contributed by atoms with Crippen molar-refractivity contribution in [3.8, 4) is 11.5 Å². The van der Waals surface area contributed by atoms with Gasteiger partial charge in [0.15, 0.2) is 11.5 Å². The summed E-state index contributed by atoms with van der Waals surface area (Å²) in [6.07, 6.45) is 3.36. The summed E-state index contributed by atoms with van der Waals surface area (Å²) in [5, 5.41) is 3.40. The van der Waals surface area contributed by atoms with E-state index >= 15 is 0 Å². The van der Waals surface area contributed by atoms with Crippen molar-refractivity contribution in [1.29, 1.82) is 0 Å². The van der Waals surface area contributed by atoms with Crippen molar-refractivity contribution in [1.82, 2.24) is 5.32 Å². The van der Waals surface area contributed by atoms with Gasteiger partial charge >= 0.3 is 5.97 Å². The number of fused-ring (bicyclic) bond motifs is 1. The Kier molecular flexibility index (Phi) is 5.31. The Morgan fingerprint density at radius 1 is 1.27 bits per heavy atom. The highest BCUT2D eigenvalue weighted by atomic mass is 16.5. The second-order valence-corrected chi connectivity index (χ2v) is 5.13. The zero-order valence-electron chi connectivity index (χ0n) is 13.6. The molecule has 1 unspecified atom stereocenters. The standard InChI is InChI=1S/C17H23NO4/c1-5-12-7-11-8-15(20-3)16(21-4)9-13(11)14(18-12)10-17(19)22-6-2/h8-10,12,18H,5-7H2,1-4H3. The molecule has 0 saturated carbocycles. The normalized spacial score (nSPS) is 18.4. The number of rotatable bonds is 5. The maximum absolute atomic E-state index is 11.8. The lowest BCUT2D eigenvalue weighted by Gasteiger charge is -2.29. The molecule has 0 radical (unpaired) electrons. The number of hydrogen-bond donors (Lipinski definition) is 1. The third kappa shape index (κ3) is 3.35. The molecule has 1 aromatic rings. The molecule has 1 heterocycles. The molecular formula is C17H23NO4. The van der Waals surface area contributed by atoms with Crippen LogP contribution in [0.3, 0.4) is 0 Å². The van der Waals surface area contributed by atoms with Gasteiger partial charge in [-0.05, 0) is 37.5 Å². The van der Waals surface area contributed by atoms with Crippen molar-refractivity contribution < 1.29 is 19.0 Å². The number of methoxy groups -OCH3 is 2. The summed E-state index contributed by atoms with van der Waals surface area (Å²) >= 11 is 0. The fourth-order valence-electron chi connectivity index (χ4n) is 2.62. The smallest absolute Gasteiger partial charge is 0.332 e. The summed E-state index contributed by atoms with van der Waals surface area (Å²) in [5.41, 5.74) is 2.86. The first-order valence-electron chi connectivity index (χ1n) is 7.53. The molecule has 1 aliphatic rings. The predicted octanol–water partition coefficient (Wildman–Crippen LogP) is 2.53. The molecule has 1 aromatic carbocycles. The molecule has 0 aliphatic carbocycles. The van der Waals surface area contributed by atoms with Crippen molar-refractivity contribution in [3.63, 3.8) is 0 Å². The van der Waals surface area contributed by atoms with Crippen LogP contribution in [0.5, 0.6) is 11.5 Å². The predicted molar refractivity (Wildman–Crippen MR) is 85.1 cm³/mol. The fraction of sp³-hybridized carbons (Fsp3) is 0.471. The molecule has 5 nitrogen and oxygen atoms in total. The van der Waals surface area contributed by atoms with E-state index in [1.54, 1.807) is 21.1 Å². The topological polar surface area (TPSA) is 56.8 Å². The molecule has 0 amide bonds. The van der Waals surface area contributed by atoms with Gasteiger partial charge in [-0.2, -0.15) is 0 Å². The van der Waals surface area contributed by atoms with Gasteiger partial charge in [-0.15, -0.1) is 0 Å². The number of hydrogen-bond acceptors (Lipinski definition) is 5. The van der Waals surface area contributed by atoms with Gasteiger partial charge in [-0.25, -0.2) is 4.79 Å². The number of carbonyl (C=O) groups excluding carboxylic acids is 1. The van der Waals surface area contributed by atoms with E-state index < -0.39 is 0 Å². The van der Waals surface area contributed by atoms with Crippen LogP contribution in [0.15, 0.2) is 18.2 Å². The van der Waals surface area contributed by atoms with E-state index in [1.165, 1.54) is 6.08 Å². The molecule has 0 bridgehead atoms. The summed E-state index contributed by atoms with van der Waals surface area (Å²) in [5.74, 6) is 1.00. The summed E-state index contributed by atoms with van der Waals surface area (Å²) in [6, 6.07) is 4.17. The van der Waals surface area contributed by atoms with E-state index in [4.69, 9.17) is 14.2 Å². The zero-order valence-corrected chi connectivity index (χ0v) is 13.6. The third-order valence-corrected chi connectivity index (χ3v) is 3.77. The molecule has 5 heteroatoms. The molecule has 1 atom stereocenters. The molecule has 0 aromatic heterocycles. The Labute approximate surface area is 131 Å². The van der Waals surface area contributed by atoms with Gasteiger partial charge in [0.2, 0.25) is 0 Å². The van der Waals surface area contributed by atoms with Crippen LogP contribution >= 0.6 is 0 Å². The van der Waals surface area contributed by atoms with Gasteiger partial charge in [-0.1, -0.05) is 6.92 Å². The van der Waals surface area contributed by atoms with Crippen LogP contribution in [0, 0.1) is 0 Å². The van der Waals surface area contributed by atoms with Crippen LogP contribution in [0.2, 0.25) is 0 Å². The maximum Gasteiger partial charge on any atom is 0.332 e. The average molecular weight is 305 g/mol. The molecule has 120 valence electrons. The van der Waals surface area contributed by atoms with Crippen LogP contribution in [0.4, 0.5) is 0 Å². The Morgan fingerprint density at radius 3 is 2.55 bits per heavy atom. The number of benzene rings is 1. The average Bonchev–Trinajstić information content (AvgIpc) is 2.53. The lowest BCUT2D eigenvalue weighted by atomic mass is 9.91. The van der Waals surface area contributed by atoms with Gasteiger partial charge in [0.05, 0.1) is 20.8 Å². The number of esters is 1. The first-order valence-corrected chi connectivity index (χ1v) is 7.53. The molecular weight excluding hydrogens is 282 g/mol. The van der Waals surface area contributed by atoms with Crippen LogP contribution in [0.25, 0.3) is 5.70 Å². The second-order valence-electron chi connectivity index (χ2n) is 5.13. The fourth-order valence-corrected chi connectivity index (χ4v) is 2.62. The highest BCUT2D eigenvalue weighted by Crippen LogP contribution is 2.36. The molecule has 0 fully saturated rings. The minimum absolute atomic E-state index is 0.284. The summed E-state index contributed by atoms with van der Waals surface area (Å²) in [4.78, 5) is 11.8. The molecule has 0 spiro atoms. The van der Waals surface area contributed by atoms with Gasteiger partial charge in [0, 0.05) is 23.4 Å². The van der Waals surface area contributed by atoms with Gasteiger partial charge in [0.1, 0.15) is 0 Å². The molecule has 22 heavy (non-hydrogen) atoms. The van der Waals surface area contributed by atoms with E-state index in [-0.39, 0.29) is 12.0 Å². The quantitative estimate of drug-likeness (QED) is 0.669. The van der Waals surface area contributed by atoms with Crippen molar-refractivity contribution >= 4 is 11.7 Å². The highest BCUT2D eigenvalue weighted by Gasteiger charge is 2.24. The largest absolute Gasteiger partial charge is 0.493 e. The summed E-state index contributed by atoms with van der Waals surface area (Å²) in [7, 11) is 3.22. The van der Waals surface area contributed by atoms with Crippen LogP contribution < -0.4 is 14.8 Å². The maximum atomic E-state index is 11.8. The van der Waals surface area contributed by atoms with E-state index in [9.17, 15) is 4.79 Å². The first-order chi connectivity index (χ1) is 10.6. The van der Waals surface area contributed by atoms with Crippen molar-refractivity contribution in [2.75, 3.05) is 20.8 Å². The van der Waals surface area contributed by atoms with Crippen molar-refractivity contribution in [2.45, 2.75) is 32.7 Å². The lowest BCUT2D eigenvalue weighted by Crippen LogP contribution is -2.34. The van der Waals surface area contributed by atoms with E-state index in [2.05, 4.69) is 12.2 Å². The lowest BCUT2D eigenvalue weighted by molar-refractivity contribution is -0.137. The first kappa shape index (κ1) is 16.2. The molecule has 1 N–H and O–H groups in total.